The van der Waals surface area contributed by atoms with E-state index in [1.165, 1.54) is 22.9 Å². The average molecular weight is 1080 g/mol. The lowest BCUT2D eigenvalue weighted by Gasteiger charge is -2.26. The molecule has 0 N–H and O–H groups in total. The quantitative estimate of drug-likeness (QED) is 0.107. The predicted molar refractivity (Wildman–Crippen MR) is 337 cm³/mol. The van der Waals surface area contributed by atoms with Crippen molar-refractivity contribution < 1.29 is 47.7 Å². The number of para-hydroxylation sites is 1. The molecule has 0 radical (unpaired) electrons. The van der Waals surface area contributed by atoms with Gasteiger partial charge in [0.2, 0.25) is 0 Å². The van der Waals surface area contributed by atoms with Gasteiger partial charge in [-0.3, -0.25) is 13.7 Å². The summed E-state index contributed by atoms with van der Waals surface area (Å²) in [7, 11) is 0. The number of imidazole rings is 1. The fourth-order valence-electron chi connectivity index (χ4n) is 10.9. The maximum absolute atomic E-state index is 10.4. The molecule has 0 spiro atoms. The van der Waals surface area contributed by atoms with Crippen molar-refractivity contribution in [2.24, 2.45) is 0 Å². The molecule has 12 aromatic rings. The number of hydrogen-bond donors (Lipinski definition) is 0. The van der Waals surface area contributed by atoms with Crippen LogP contribution in [0.5, 0.6) is 11.5 Å². The normalized spacial score (nSPS) is 19.8. The highest BCUT2D eigenvalue weighted by molar-refractivity contribution is 6.09. The molecule has 1 aliphatic rings. The number of rotatable bonds is 9. The van der Waals surface area contributed by atoms with Gasteiger partial charge in [-0.25, -0.2) is 4.98 Å². The summed E-state index contributed by atoms with van der Waals surface area (Å²) < 4.78 is 265. The molecule has 0 amide bonds. The third-order valence-electron chi connectivity index (χ3n) is 15.0. The van der Waals surface area contributed by atoms with Crippen LogP contribution >= 0.6 is 0 Å². The van der Waals surface area contributed by atoms with Crippen molar-refractivity contribution in [3.05, 3.63) is 246 Å². The van der Waals surface area contributed by atoms with Crippen molar-refractivity contribution in [2.45, 2.75) is 104 Å². The lowest BCUT2D eigenvalue weighted by molar-refractivity contribution is -0.571. The number of fused-ring (bicyclic) bond motifs is 5. The molecular formula is C76H70N4O. The molecule has 81 heavy (non-hydrogen) atoms. The highest BCUT2D eigenvalue weighted by Gasteiger charge is 2.42. The highest BCUT2D eigenvalue weighted by atomic mass is 16.5. The lowest BCUT2D eigenvalue weighted by Crippen LogP contribution is -2.32. The fraction of sp³-hybridized carbons (Fsp3) is 0.211. The zero-order valence-corrected chi connectivity index (χ0v) is 45.1. The summed E-state index contributed by atoms with van der Waals surface area (Å²) in [5.41, 5.74) is -8.57. The lowest BCUT2D eigenvalue weighted by atomic mass is 9.81. The minimum absolute atomic E-state index is 0.101. The minimum atomic E-state index is -3.85. The minimum Gasteiger partial charge on any atom is -0.458 e. The average Bonchev–Trinajstić information content (AvgIpc) is 1.49. The Labute approximate surface area is 517 Å². The first kappa shape index (κ1) is 29.1. The largest absolute Gasteiger partial charge is 0.458 e. The molecule has 3 heterocycles. The van der Waals surface area contributed by atoms with E-state index in [9.17, 15) is 6.85 Å². The van der Waals surface area contributed by atoms with Crippen LogP contribution in [0.25, 0.3) is 94.5 Å². The Balaban J connectivity index is 1.09. The zero-order valence-electron chi connectivity index (χ0n) is 73.1. The summed E-state index contributed by atoms with van der Waals surface area (Å²) in [6.45, 7) is -6.72. The van der Waals surface area contributed by atoms with Crippen molar-refractivity contribution in [3.8, 4) is 73.2 Å². The second-order valence-corrected chi connectivity index (χ2v) is 22.7. The molecule has 13 rings (SSSR count). The van der Waals surface area contributed by atoms with E-state index in [2.05, 4.69) is 27.1 Å². The topological polar surface area (TPSA) is 35.9 Å². The molecule has 400 valence electrons. The van der Waals surface area contributed by atoms with Gasteiger partial charge < -0.3 is 4.74 Å². The van der Waals surface area contributed by atoms with Crippen LogP contribution < -0.4 is 9.30 Å². The van der Waals surface area contributed by atoms with Crippen molar-refractivity contribution in [1.82, 2.24) is 14.1 Å². The van der Waals surface area contributed by atoms with Crippen molar-refractivity contribution in [2.75, 3.05) is 0 Å². The van der Waals surface area contributed by atoms with E-state index in [1.54, 1.807) is 103 Å². The molecule has 3 aromatic heterocycles. The van der Waals surface area contributed by atoms with Gasteiger partial charge in [0.25, 0.3) is 6.33 Å². The molecule has 0 saturated carbocycles. The molecule has 0 unspecified atom stereocenters. The number of pyridine rings is 1. The van der Waals surface area contributed by atoms with Gasteiger partial charge in [-0.2, -0.15) is 0 Å². The molecule has 0 fully saturated rings. The molecular weight excluding hydrogens is 985 g/mol. The van der Waals surface area contributed by atoms with Crippen LogP contribution in [0, 0.1) is 13.2 Å². The SMILES string of the molecule is [2H]c1c([2H])c([2H])c(-c2cnc(-n3c4ccccc4c4ccc(Oc5cccc(-n6[c-][n+](-c7c(-c8c([2H])c([2H])c([2H])c([2H])c8[2H])cc(C(C)(C)C)cc7-c7c([2H])c([2H])c8c(c7[2H])C(C([2H])([2H])[2H])(C([2H])([2H])[2H])CC8(C([2H])([2H])[2H])C([2H])([2H])[2H])c7ccc(-c8ccc(C(C)(C)C)cc8)cc76)c5)cc43)cc2C([2H])([2H])[2H])c([2H])c1[2H]. The van der Waals surface area contributed by atoms with E-state index in [0.29, 0.717) is 33.2 Å². The van der Waals surface area contributed by atoms with E-state index in [0.717, 1.165) is 16.5 Å². The van der Waals surface area contributed by atoms with Crippen LogP contribution in [0.3, 0.4) is 0 Å². The fourth-order valence-corrected chi connectivity index (χ4v) is 10.9. The third kappa shape index (κ3) is 9.23. The summed E-state index contributed by atoms with van der Waals surface area (Å²) in [4.78, 5) is 4.71. The number of aryl methyl sites for hydroxylation is 1. The molecule has 0 aliphatic heterocycles. The Hall–Kier alpha value is -8.80. The smallest absolute Gasteiger partial charge is 0.269 e. The van der Waals surface area contributed by atoms with E-state index >= 15 is 0 Å². The van der Waals surface area contributed by atoms with Crippen LogP contribution in [0.15, 0.2) is 212 Å². The summed E-state index contributed by atoms with van der Waals surface area (Å²) in [6.07, 6.45) is 2.95. The van der Waals surface area contributed by atoms with E-state index in [-0.39, 0.29) is 67.3 Å². The van der Waals surface area contributed by atoms with Gasteiger partial charge in [0.1, 0.15) is 17.3 Å². The van der Waals surface area contributed by atoms with Gasteiger partial charge >= 0.3 is 0 Å². The molecule has 0 atom stereocenters. The maximum atomic E-state index is 10.4. The second kappa shape index (κ2) is 19.2. The third-order valence-corrected chi connectivity index (χ3v) is 15.0. The first-order chi connectivity index (χ1) is 50.4. The van der Waals surface area contributed by atoms with Gasteiger partial charge in [-0.05, 0) is 150 Å². The van der Waals surface area contributed by atoms with E-state index < -0.39 is 158 Å². The Kier molecular flexibility index (Phi) is 6.89. The molecule has 0 saturated heterocycles. The Bertz CT molecular complexity index is 5720. The van der Waals surface area contributed by atoms with Crippen molar-refractivity contribution >= 4 is 32.8 Å². The summed E-state index contributed by atoms with van der Waals surface area (Å²) >= 11 is 0. The Morgan fingerprint density at radius 1 is 0.556 bits per heavy atom. The van der Waals surface area contributed by atoms with Crippen LogP contribution in [0.4, 0.5) is 0 Å². The van der Waals surface area contributed by atoms with Crippen LogP contribution in [-0.2, 0) is 21.7 Å². The van der Waals surface area contributed by atoms with Crippen LogP contribution in [0.2, 0.25) is 0 Å². The summed E-state index contributed by atoms with van der Waals surface area (Å²) in [6, 6.07) is 26.4. The van der Waals surface area contributed by atoms with Crippen molar-refractivity contribution in [3.63, 3.8) is 0 Å². The second-order valence-electron chi connectivity index (χ2n) is 22.7. The molecule has 9 aromatic carbocycles. The molecule has 5 nitrogen and oxygen atoms in total. The van der Waals surface area contributed by atoms with E-state index in [4.69, 9.17) is 41.2 Å². The van der Waals surface area contributed by atoms with Crippen LogP contribution in [-0.4, -0.2) is 14.1 Å². The molecule has 0 bridgehead atoms. The van der Waals surface area contributed by atoms with Gasteiger partial charge in [0, 0.05) is 49.2 Å². The first-order valence-electron chi connectivity index (χ1n) is 40.3. The number of hydrogen-bond acceptors (Lipinski definition) is 2. The maximum Gasteiger partial charge on any atom is 0.269 e. The van der Waals surface area contributed by atoms with Gasteiger partial charge in [0.15, 0.2) is 0 Å². The van der Waals surface area contributed by atoms with Gasteiger partial charge in [-0.1, -0.05) is 220 Å². The summed E-state index contributed by atoms with van der Waals surface area (Å²) in [5.74, 6) is 0.567. The predicted octanol–water partition coefficient (Wildman–Crippen LogP) is 19.5. The van der Waals surface area contributed by atoms with Crippen LogP contribution in [0.1, 0.15) is 142 Å². The Morgan fingerprint density at radius 3 is 1.94 bits per heavy atom. The molecule has 1 aliphatic carbocycles. The number of aromatic nitrogens is 4. The van der Waals surface area contributed by atoms with Gasteiger partial charge in [0.05, 0.1) is 51.3 Å². The van der Waals surface area contributed by atoms with Gasteiger partial charge in [-0.15, -0.1) is 0 Å². The monoisotopic (exact) mass is 1080 g/mol. The summed E-state index contributed by atoms with van der Waals surface area (Å²) in [5, 5.41) is 1.42. The number of benzene rings is 9. The molecule has 5 heteroatoms. The van der Waals surface area contributed by atoms with E-state index in [1.807, 2.05) is 42.5 Å². The number of ether oxygens (including phenoxy) is 1. The number of nitrogens with zero attached hydrogens (tertiary/aromatic N) is 4. The van der Waals surface area contributed by atoms with Crippen molar-refractivity contribution in [1.29, 1.82) is 0 Å². The zero-order chi connectivity index (χ0) is 80.0. The first-order valence-corrected chi connectivity index (χ1v) is 26.3. The highest BCUT2D eigenvalue weighted by Crippen LogP contribution is 2.51. The standard InChI is InChI=1S/C76H70N4O/c1-49-39-71(77-46-64(49)52-23-16-13-17-24-52)80-67-28-19-18-27-60(67)61-36-35-59(45-69(61)80)81-58-26-20-25-57(44-58)78-48-79(68-38-32-53(41-70(68)78)50-29-33-55(34-30-50)73(2,3)4)72-62(51-21-14-12-15-22-51)42-56(74(5,6)7)43-63(72)54-31-37-65-66(40-54)76(10,11)47-75(65,8)9/h12-46H,47H2,1-11H3/i1D3,8D3,9D3,10D3,11D3,12D,13D,14D,15D,16D,17D,21D,22D,23D,24D,31D,37D,40D. The Morgan fingerprint density at radius 2 is 1.22 bits per heavy atom.